The lowest BCUT2D eigenvalue weighted by Gasteiger charge is -2.19. The van der Waals surface area contributed by atoms with E-state index in [1.165, 1.54) is 46.7 Å². The minimum absolute atomic E-state index is 0.0216. The maximum absolute atomic E-state index is 12.1. The van der Waals surface area contributed by atoms with Crippen molar-refractivity contribution in [3.8, 4) is 39.9 Å². The van der Waals surface area contributed by atoms with Crippen LogP contribution in [0.2, 0.25) is 0 Å². The zero-order valence-corrected chi connectivity index (χ0v) is 16.8. The third-order valence-electron chi connectivity index (χ3n) is 4.47. The molecule has 0 aromatic heterocycles. The monoisotopic (exact) mass is 416 g/mol. The molecule has 2 aromatic carbocycles. The van der Waals surface area contributed by atoms with E-state index in [0.29, 0.717) is 22.6 Å². The molecule has 1 N–H and O–H groups in total. The zero-order chi connectivity index (χ0) is 21.8. The van der Waals surface area contributed by atoms with E-state index in [0.717, 1.165) is 0 Å². The molecule has 0 fully saturated rings. The second kappa shape index (κ2) is 8.64. The number of benzene rings is 2. The Morgan fingerprint density at radius 3 is 2.20 bits per heavy atom. The lowest BCUT2D eigenvalue weighted by Crippen LogP contribution is -2.06. The average molecular weight is 416 g/mol. The highest BCUT2D eigenvalue weighted by molar-refractivity contribution is 6.02. The Morgan fingerprint density at radius 2 is 1.63 bits per heavy atom. The topological polar surface area (TPSA) is 110 Å². The summed E-state index contributed by atoms with van der Waals surface area (Å²) < 4.78 is 31.7. The van der Waals surface area contributed by atoms with E-state index in [4.69, 9.17) is 23.7 Å². The first-order valence-electron chi connectivity index (χ1n) is 8.71. The molecule has 0 bridgehead atoms. The minimum Gasteiger partial charge on any atom is -0.493 e. The number of carbonyl (C=O) groups is 2. The number of ether oxygens (including phenoxy) is 6. The first-order chi connectivity index (χ1) is 14.4. The second-order valence-electron chi connectivity index (χ2n) is 6.02. The van der Waals surface area contributed by atoms with E-state index in [1.807, 2.05) is 0 Å². The molecule has 30 heavy (non-hydrogen) atoms. The van der Waals surface area contributed by atoms with Crippen molar-refractivity contribution in [1.29, 1.82) is 0 Å². The van der Waals surface area contributed by atoms with Crippen LogP contribution in [-0.2, 0) is 9.53 Å². The van der Waals surface area contributed by atoms with Crippen LogP contribution in [0.25, 0.3) is 17.2 Å². The Bertz CT molecular complexity index is 1020. The van der Waals surface area contributed by atoms with Gasteiger partial charge in [-0.05, 0) is 35.4 Å². The Kier molecular flexibility index (Phi) is 6.01. The van der Waals surface area contributed by atoms with Gasteiger partial charge in [-0.25, -0.2) is 9.59 Å². The standard InChI is InChI=1S/C21H20O9/c1-25-16-9-13(21(23)24)18(20(28-4)19(16)27-3)12-8-15-14(29-10-30-15)7-11(12)5-6-17(22)26-2/h5-9H,10H2,1-4H3,(H,23,24)/b6-5+. The van der Waals surface area contributed by atoms with E-state index in [2.05, 4.69) is 4.74 Å². The van der Waals surface area contributed by atoms with Gasteiger partial charge in [-0.2, -0.15) is 0 Å². The quantitative estimate of drug-likeness (QED) is 0.538. The van der Waals surface area contributed by atoms with E-state index in [-0.39, 0.29) is 35.2 Å². The van der Waals surface area contributed by atoms with Gasteiger partial charge in [0.25, 0.3) is 0 Å². The molecule has 2 aromatic rings. The highest BCUT2D eigenvalue weighted by Gasteiger charge is 2.28. The number of hydrogen-bond acceptors (Lipinski definition) is 8. The number of carboxylic acids is 1. The molecule has 1 aliphatic heterocycles. The van der Waals surface area contributed by atoms with Crippen molar-refractivity contribution in [1.82, 2.24) is 0 Å². The van der Waals surface area contributed by atoms with Gasteiger partial charge >= 0.3 is 11.9 Å². The van der Waals surface area contributed by atoms with Gasteiger partial charge < -0.3 is 33.5 Å². The fourth-order valence-electron chi connectivity index (χ4n) is 3.13. The number of fused-ring (bicyclic) bond motifs is 1. The van der Waals surface area contributed by atoms with Gasteiger partial charge in [0, 0.05) is 11.6 Å². The average Bonchev–Trinajstić information content (AvgIpc) is 3.22. The van der Waals surface area contributed by atoms with Crippen molar-refractivity contribution < 1.29 is 43.1 Å². The summed E-state index contributed by atoms with van der Waals surface area (Å²) in [5.74, 6) is -0.321. The summed E-state index contributed by atoms with van der Waals surface area (Å²) in [6, 6.07) is 4.60. The van der Waals surface area contributed by atoms with Gasteiger partial charge in [0.05, 0.1) is 34.0 Å². The van der Waals surface area contributed by atoms with E-state index in [1.54, 1.807) is 12.1 Å². The van der Waals surface area contributed by atoms with Crippen molar-refractivity contribution in [2.24, 2.45) is 0 Å². The summed E-state index contributed by atoms with van der Waals surface area (Å²) >= 11 is 0. The van der Waals surface area contributed by atoms with Crippen LogP contribution in [0.15, 0.2) is 24.3 Å². The Morgan fingerprint density at radius 1 is 0.967 bits per heavy atom. The fourth-order valence-corrected chi connectivity index (χ4v) is 3.13. The van der Waals surface area contributed by atoms with Crippen LogP contribution < -0.4 is 23.7 Å². The number of rotatable bonds is 7. The predicted molar refractivity (Wildman–Crippen MR) is 106 cm³/mol. The molecule has 9 heteroatoms. The van der Waals surface area contributed by atoms with Crippen LogP contribution >= 0.6 is 0 Å². The highest BCUT2D eigenvalue weighted by atomic mass is 16.7. The Labute approximate surface area is 172 Å². The molecule has 0 amide bonds. The number of carboxylic acid groups (broad SMARTS) is 1. The maximum Gasteiger partial charge on any atom is 0.336 e. The molecule has 3 rings (SSSR count). The van der Waals surface area contributed by atoms with Crippen molar-refractivity contribution in [2.45, 2.75) is 0 Å². The fraction of sp³-hybridized carbons (Fsp3) is 0.238. The van der Waals surface area contributed by atoms with Gasteiger partial charge in [0.2, 0.25) is 12.5 Å². The van der Waals surface area contributed by atoms with Crippen molar-refractivity contribution >= 4 is 18.0 Å². The first-order valence-corrected chi connectivity index (χ1v) is 8.71. The smallest absolute Gasteiger partial charge is 0.336 e. The van der Waals surface area contributed by atoms with Crippen LogP contribution in [0.4, 0.5) is 0 Å². The molecule has 158 valence electrons. The summed E-state index contributed by atoms with van der Waals surface area (Å²) in [7, 11) is 5.46. The molecular weight excluding hydrogens is 396 g/mol. The molecule has 0 radical (unpaired) electrons. The van der Waals surface area contributed by atoms with Crippen LogP contribution in [0.5, 0.6) is 28.7 Å². The first kappa shape index (κ1) is 20.8. The van der Waals surface area contributed by atoms with Gasteiger partial charge in [-0.1, -0.05) is 0 Å². The number of hydrogen-bond donors (Lipinski definition) is 1. The van der Waals surface area contributed by atoms with Crippen LogP contribution in [-0.4, -0.2) is 52.3 Å². The molecule has 9 nitrogen and oxygen atoms in total. The molecule has 0 saturated heterocycles. The van der Waals surface area contributed by atoms with Crippen LogP contribution in [0.1, 0.15) is 15.9 Å². The molecule has 0 saturated carbocycles. The van der Waals surface area contributed by atoms with Gasteiger partial charge in [0.1, 0.15) is 0 Å². The van der Waals surface area contributed by atoms with Gasteiger partial charge in [0.15, 0.2) is 23.0 Å². The minimum atomic E-state index is -1.20. The second-order valence-corrected chi connectivity index (χ2v) is 6.02. The predicted octanol–water partition coefficient (Wildman–Crippen LogP) is 2.99. The van der Waals surface area contributed by atoms with E-state index < -0.39 is 11.9 Å². The number of aromatic carboxylic acids is 1. The SMILES string of the molecule is COC(=O)/C=C/c1cc2c(cc1-c1c(C(=O)O)cc(OC)c(OC)c1OC)OCO2. The van der Waals surface area contributed by atoms with Crippen LogP contribution in [0.3, 0.4) is 0 Å². The van der Waals surface area contributed by atoms with Crippen molar-refractivity contribution in [3.05, 3.63) is 35.4 Å². The highest BCUT2D eigenvalue weighted by Crippen LogP contribution is 2.50. The maximum atomic E-state index is 12.1. The lowest BCUT2D eigenvalue weighted by atomic mass is 9.92. The number of methoxy groups -OCH3 is 4. The van der Waals surface area contributed by atoms with Gasteiger partial charge in [-0.3, -0.25) is 0 Å². The van der Waals surface area contributed by atoms with Crippen LogP contribution in [0, 0.1) is 0 Å². The third kappa shape index (κ3) is 3.69. The summed E-state index contributed by atoms with van der Waals surface area (Å²) in [6.45, 7) is 0.0216. The molecule has 1 heterocycles. The largest absolute Gasteiger partial charge is 0.493 e. The third-order valence-corrected chi connectivity index (χ3v) is 4.47. The molecule has 0 spiro atoms. The number of esters is 1. The summed E-state index contributed by atoms with van der Waals surface area (Å²) in [5.41, 5.74) is 1.05. The van der Waals surface area contributed by atoms with Crippen molar-refractivity contribution in [3.63, 3.8) is 0 Å². The zero-order valence-electron chi connectivity index (χ0n) is 16.8. The number of carbonyl (C=O) groups excluding carboxylic acids is 1. The van der Waals surface area contributed by atoms with E-state index >= 15 is 0 Å². The summed E-state index contributed by atoms with van der Waals surface area (Å²) in [5, 5.41) is 9.87. The molecule has 0 atom stereocenters. The van der Waals surface area contributed by atoms with Crippen molar-refractivity contribution in [2.75, 3.05) is 35.2 Å². The summed E-state index contributed by atoms with van der Waals surface area (Å²) in [4.78, 5) is 23.7. The lowest BCUT2D eigenvalue weighted by molar-refractivity contribution is -0.134. The normalized spacial score (nSPS) is 12.0. The summed E-state index contributed by atoms with van der Waals surface area (Å²) in [6.07, 6.45) is 2.71. The molecule has 1 aliphatic rings. The van der Waals surface area contributed by atoms with Gasteiger partial charge in [-0.15, -0.1) is 0 Å². The molecule has 0 unspecified atom stereocenters. The Hall–Kier alpha value is -3.88. The van der Waals surface area contributed by atoms with E-state index in [9.17, 15) is 14.7 Å². The molecular formula is C21H20O9. The molecule has 0 aliphatic carbocycles. The Balaban J connectivity index is 2.37.